The van der Waals surface area contributed by atoms with Gasteiger partial charge in [0, 0.05) is 12.1 Å². The van der Waals surface area contributed by atoms with Crippen LogP contribution >= 0.6 is 11.8 Å². The number of amides is 1. The zero-order chi connectivity index (χ0) is 22.5. The largest absolute Gasteiger partial charge is 0.497 e. The number of hydrogen-bond donors (Lipinski definition) is 0. The minimum absolute atomic E-state index is 0.0143. The van der Waals surface area contributed by atoms with Crippen molar-refractivity contribution in [2.45, 2.75) is 24.1 Å². The predicted molar refractivity (Wildman–Crippen MR) is 120 cm³/mol. The maximum Gasteiger partial charge on any atom is 0.277 e. The molecule has 0 bridgehead atoms. The second kappa shape index (κ2) is 9.95. The molecule has 2 aromatic carbocycles. The minimum atomic E-state index is 0.0143. The third-order valence-electron chi connectivity index (χ3n) is 5.43. The van der Waals surface area contributed by atoms with E-state index in [1.807, 2.05) is 47.4 Å². The van der Waals surface area contributed by atoms with Crippen LogP contribution in [0.2, 0.25) is 0 Å². The van der Waals surface area contributed by atoms with Gasteiger partial charge in [-0.05, 0) is 54.8 Å². The zero-order valence-electron chi connectivity index (χ0n) is 18.2. The van der Waals surface area contributed by atoms with Crippen LogP contribution in [0.3, 0.4) is 0 Å². The van der Waals surface area contributed by atoms with Crippen LogP contribution in [0.25, 0.3) is 11.5 Å². The molecule has 0 N–H and O–H groups in total. The molecule has 0 unspecified atom stereocenters. The van der Waals surface area contributed by atoms with Crippen molar-refractivity contribution in [3.8, 4) is 28.7 Å². The monoisotopic (exact) mass is 455 g/mol. The van der Waals surface area contributed by atoms with E-state index in [4.69, 9.17) is 18.6 Å². The van der Waals surface area contributed by atoms with E-state index in [0.29, 0.717) is 22.6 Å². The zero-order valence-corrected chi connectivity index (χ0v) is 19.1. The van der Waals surface area contributed by atoms with Crippen molar-refractivity contribution in [3.63, 3.8) is 0 Å². The molecule has 8 nitrogen and oxygen atoms in total. The van der Waals surface area contributed by atoms with Crippen molar-refractivity contribution in [2.24, 2.45) is 0 Å². The highest BCUT2D eigenvalue weighted by atomic mass is 32.2. The number of likely N-dealkylation sites (tertiary alicyclic amines) is 1. The quantitative estimate of drug-likeness (QED) is 0.467. The molecule has 3 aromatic rings. The summed E-state index contributed by atoms with van der Waals surface area (Å²) in [6.45, 7) is 0.722. The Morgan fingerprint density at radius 1 is 1.06 bits per heavy atom. The van der Waals surface area contributed by atoms with Gasteiger partial charge >= 0.3 is 0 Å². The smallest absolute Gasteiger partial charge is 0.277 e. The molecule has 1 amide bonds. The number of benzene rings is 2. The van der Waals surface area contributed by atoms with Crippen molar-refractivity contribution in [1.29, 1.82) is 0 Å². The molecule has 0 saturated carbocycles. The summed E-state index contributed by atoms with van der Waals surface area (Å²) < 4.78 is 21.6. The number of ether oxygens (including phenoxy) is 3. The number of carbonyl (C=O) groups is 1. The Labute approximate surface area is 190 Å². The molecule has 4 rings (SSSR count). The van der Waals surface area contributed by atoms with Crippen LogP contribution in [-0.2, 0) is 4.79 Å². The Morgan fingerprint density at radius 3 is 2.56 bits per heavy atom. The molecule has 0 radical (unpaired) electrons. The first kappa shape index (κ1) is 22.0. The molecule has 168 valence electrons. The minimum Gasteiger partial charge on any atom is -0.497 e. The van der Waals surface area contributed by atoms with Crippen molar-refractivity contribution in [3.05, 3.63) is 48.0 Å². The summed E-state index contributed by atoms with van der Waals surface area (Å²) >= 11 is 1.25. The van der Waals surface area contributed by atoms with E-state index in [1.165, 1.54) is 11.8 Å². The average Bonchev–Trinajstić information content (AvgIpc) is 3.52. The fourth-order valence-electron chi connectivity index (χ4n) is 3.80. The van der Waals surface area contributed by atoms with Crippen LogP contribution in [0.4, 0.5) is 0 Å². The van der Waals surface area contributed by atoms with Crippen LogP contribution in [0.5, 0.6) is 17.2 Å². The van der Waals surface area contributed by atoms with Gasteiger partial charge < -0.3 is 23.5 Å². The Hall–Kier alpha value is -3.20. The highest BCUT2D eigenvalue weighted by Gasteiger charge is 2.30. The SMILES string of the molecule is COc1ccc(-c2nnc(SCC(=O)N3CCC[C@@H]3c3ccc(OC)c(OC)c3)o2)cc1. The fraction of sp³-hybridized carbons (Fsp3) is 0.348. The normalized spacial score (nSPS) is 15.6. The molecular formula is C23H25N3O5S. The lowest BCUT2D eigenvalue weighted by Gasteiger charge is -2.25. The van der Waals surface area contributed by atoms with Gasteiger partial charge in [-0.25, -0.2) is 0 Å². The number of nitrogens with zero attached hydrogens (tertiary/aromatic N) is 3. The Morgan fingerprint density at radius 2 is 1.84 bits per heavy atom. The molecule has 1 aliphatic rings. The summed E-state index contributed by atoms with van der Waals surface area (Å²) in [5, 5.41) is 8.52. The lowest BCUT2D eigenvalue weighted by atomic mass is 10.0. The summed E-state index contributed by atoms with van der Waals surface area (Å²) in [7, 11) is 4.84. The lowest BCUT2D eigenvalue weighted by Crippen LogP contribution is -2.32. The summed E-state index contributed by atoms with van der Waals surface area (Å²) in [6, 6.07) is 13.2. The summed E-state index contributed by atoms with van der Waals surface area (Å²) in [6.07, 6.45) is 1.87. The van der Waals surface area contributed by atoms with Crippen molar-refractivity contribution in [2.75, 3.05) is 33.6 Å². The van der Waals surface area contributed by atoms with Gasteiger partial charge in [0.1, 0.15) is 5.75 Å². The molecule has 0 aliphatic carbocycles. The molecule has 0 spiro atoms. The van der Waals surface area contributed by atoms with E-state index in [9.17, 15) is 4.79 Å². The number of hydrogen-bond acceptors (Lipinski definition) is 8. The van der Waals surface area contributed by atoms with Gasteiger partial charge in [-0.15, -0.1) is 10.2 Å². The van der Waals surface area contributed by atoms with Gasteiger partial charge in [-0.2, -0.15) is 0 Å². The first-order valence-corrected chi connectivity index (χ1v) is 11.2. The number of rotatable bonds is 8. The third kappa shape index (κ3) is 4.67. The van der Waals surface area contributed by atoms with E-state index in [2.05, 4.69) is 10.2 Å². The number of thioether (sulfide) groups is 1. The van der Waals surface area contributed by atoms with Crippen LogP contribution in [0.15, 0.2) is 52.1 Å². The Kier molecular flexibility index (Phi) is 6.84. The van der Waals surface area contributed by atoms with E-state index in [-0.39, 0.29) is 17.7 Å². The van der Waals surface area contributed by atoms with Crippen LogP contribution in [0, 0.1) is 0 Å². The van der Waals surface area contributed by atoms with Crippen molar-refractivity contribution in [1.82, 2.24) is 15.1 Å². The van der Waals surface area contributed by atoms with Gasteiger partial charge in [-0.1, -0.05) is 17.8 Å². The maximum absolute atomic E-state index is 13.0. The molecule has 1 atom stereocenters. The standard InChI is InChI=1S/C23H25N3O5S/c1-28-17-9-6-15(7-10-17)22-24-25-23(31-22)32-14-21(27)26-12-4-5-18(26)16-8-11-19(29-2)20(13-16)30-3/h6-11,13,18H,4-5,12,14H2,1-3H3/t18-/m1/s1. The Bertz CT molecular complexity index is 1070. The first-order valence-electron chi connectivity index (χ1n) is 10.2. The maximum atomic E-state index is 13.0. The lowest BCUT2D eigenvalue weighted by molar-refractivity contribution is -0.129. The van der Waals surface area contributed by atoms with Gasteiger partial charge in [0.15, 0.2) is 11.5 Å². The third-order valence-corrected chi connectivity index (χ3v) is 6.23. The molecule has 1 aliphatic heterocycles. The van der Waals surface area contributed by atoms with E-state index in [1.54, 1.807) is 21.3 Å². The molecule has 1 aromatic heterocycles. The average molecular weight is 456 g/mol. The summed E-state index contributed by atoms with van der Waals surface area (Å²) in [5.41, 5.74) is 1.84. The van der Waals surface area contributed by atoms with Gasteiger partial charge in [0.05, 0.1) is 33.1 Å². The van der Waals surface area contributed by atoms with Gasteiger partial charge in [0.2, 0.25) is 11.8 Å². The van der Waals surface area contributed by atoms with E-state index >= 15 is 0 Å². The van der Waals surface area contributed by atoms with Crippen LogP contribution in [-0.4, -0.2) is 54.6 Å². The molecule has 9 heteroatoms. The molecule has 1 fully saturated rings. The molecular weight excluding hydrogens is 430 g/mol. The number of aromatic nitrogens is 2. The van der Waals surface area contributed by atoms with Crippen molar-refractivity contribution < 1.29 is 23.4 Å². The van der Waals surface area contributed by atoms with Crippen molar-refractivity contribution >= 4 is 17.7 Å². The van der Waals surface area contributed by atoms with Gasteiger partial charge in [-0.3, -0.25) is 4.79 Å². The predicted octanol–water partition coefficient (Wildman–Crippen LogP) is 4.22. The highest BCUT2D eigenvalue weighted by molar-refractivity contribution is 7.99. The van der Waals surface area contributed by atoms with E-state index in [0.717, 1.165) is 36.3 Å². The summed E-state index contributed by atoms with van der Waals surface area (Å²) in [5.74, 6) is 2.77. The Balaban J connectivity index is 1.40. The molecule has 1 saturated heterocycles. The second-order valence-corrected chi connectivity index (χ2v) is 8.18. The van der Waals surface area contributed by atoms with E-state index < -0.39 is 0 Å². The summed E-state index contributed by atoms with van der Waals surface area (Å²) in [4.78, 5) is 14.9. The van der Waals surface area contributed by atoms with Crippen LogP contribution in [0.1, 0.15) is 24.4 Å². The fourth-order valence-corrected chi connectivity index (χ4v) is 4.45. The topological polar surface area (TPSA) is 86.9 Å². The van der Waals surface area contributed by atoms with Gasteiger partial charge in [0.25, 0.3) is 5.22 Å². The number of methoxy groups -OCH3 is 3. The molecule has 2 heterocycles. The first-order chi connectivity index (χ1) is 15.6. The number of carbonyl (C=O) groups excluding carboxylic acids is 1. The van der Waals surface area contributed by atoms with Crippen LogP contribution < -0.4 is 14.2 Å². The second-order valence-electron chi connectivity index (χ2n) is 7.25. The highest BCUT2D eigenvalue weighted by Crippen LogP contribution is 2.37. The molecule has 32 heavy (non-hydrogen) atoms.